The maximum Gasteiger partial charge on any atom is 0.0247 e. The zero-order chi connectivity index (χ0) is 13.5. The number of nitrogens with one attached hydrogen (secondary N) is 1. The van der Waals surface area contributed by atoms with Crippen LogP contribution >= 0.6 is 0 Å². The summed E-state index contributed by atoms with van der Waals surface area (Å²) in [5.74, 6) is 1.74. The van der Waals surface area contributed by atoms with E-state index in [0.29, 0.717) is 11.5 Å². The highest BCUT2D eigenvalue weighted by Crippen LogP contribution is 2.41. The summed E-state index contributed by atoms with van der Waals surface area (Å²) in [6.07, 6.45) is 2.80. The van der Waals surface area contributed by atoms with Crippen LogP contribution in [0.4, 0.5) is 0 Å². The van der Waals surface area contributed by atoms with Crippen molar-refractivity contribution >= 4 is 0 Å². The van der Waals surface area contributed by atoms with Crippen LogP contribution < -0.4 is 5.32 Å². The molecule has 2 aliphatic rings. The number of rotatable bonds is 3. The molecule has 4 atom stereocenters. The second-order valence-corrected chi connectivity index (χ2v) is 7.81. The number of piperazine rings is 1. The van der Waals surface area contributed by atoms with Crippen LogP contribution in [0.15, 0.2) is 0 Å². The van der Waals surface area contributed by atoms with Crippen LogP contribution in [0.2, 0.25) is 0 Å². The van der Waals surface area contributed by atoms with Gasteiger partial charge in [-0.25, -0.2) is 0 Å². The predicted octanol–water partition coefficient (Wildman–Crippen LogP) is 3.13. The molecule has 1 aliphatic carbocycles. The van der Waals surface area contributed by atoms with Gasteiger partial charge in [-0.3, -0.25) is 4.90 Å². The molecule has 2 heteroatoms. The van der Waals surface area contributed by atoms with E-state index in [1.54, 1.807) is 0 Å². The van der Waals surface area contributed by atoms with Crippen LogP contribution in [0.5, 0.6) is 0 Å². The van der Waals surface area contributed by atoms with Crippen LogP contribution in [-0.2, 0) is 0 Å². The lowest BCUT2D eigenvalue weighted by molar-refractivity contribution is 0.0527. The smallest absolute Gasteiger partial charge is 0.0247 e. The van der Waals surface area contributed by atoms with Crippen molar-refractivity contribution in [2.24, 2.45) is 17.3 Å². The van der Waals surface area contributed by atoms with Gasteiger partial charge in [-0.2, -0.15) is 0 Å². The van der Waals surface area contributed by atoms with Crippen molar-refractivity contribution in [1.82, 2.24) is 10.2 Å². The van der Waals surface area contributed by atoms with Gasteiger partial charge in [0, 0.05) is 31.2 Å². The minimum absolute atomic E-state index is 0.372. The van der Waals surface area contributed by atoms with Crippen molar-refractivity contribution in [3.8, 4) is 0 Å². The molecule has 1 saturated heterocycles. The molecule has 1 heterocycles. The normalized spacial score (nSPS) is 38.2. The molecule has 0 bridgehead atoms. The maximum absolute atomic E-state index is 3.79. The van der Waals surface area contributed by atoms with Gasteiger partial charge in [-0.15, -0.1) is 0 Å². The quantitative estimate of drug-likeness (QED) is 0.830. The van der Waals surface area contributed by atoms with E-state index in [9.17, 15) is 0 Å². The topological polar surface area (TPSA) is 15.3 Å². The molecule has 0 radical (unpaired) electrons. The molecule has 0 aromatic carbocycles. The van der Waals surface area contributed by atoms with Crippen molar-refractivity contribution in [2.45, 2.75) is 72.5 Å². The highest BCUT2D eigenvalue weighted by Gasteiger charge is 2.46. The average Bonchev–Trinajstić information content (AvgIpc) is 3.06. The van der Waals surface area contributed by atoms with E-state index in [2.05, 4.69) is 51.8 Å². The maximum atomic E-state index is 3.79. The SMILES string of the molecule is CCC1CC1N1CC(C(C)(C)C)NCC1C(C)C. The van der Waals surface area contributed by atoms with Crippen LogP contribution in [0.3, 0.4) is 0 Å². The summed E-state index contributed by atoms with van der Waals surface area (Å²) in [5.41, 5.74) is 0.372. The molecular formula is C16H32N2. The van der Waals surface area contributed by atoms with Gasteiger partial charge in [0.25, 0.3) is 0 Å². The molecule has 1 saturated carbocycles. The van der Waals surface area contributed by atoms with Gasteiger partial charge in [0.1, 0.15) is 0 Å². The van der Waals surface area contributed by atoms with Crippen molar-refractivity contribution in [2.75, 3.05) is 13.1 Å². The van der Waals surface area contributed by atoms with Gasteiger partial charge in [-0.05, 0) is 23.7 Å². The predicted molar refractivity (Wildman–Crippen MR) is 78.8 cm³/mol. The fourth-order valence-corrected chi connectivity index (χ4v) is 3.45. The molecule has 18 heavy (non-hydrogen) atoms. The molecule has 0 aromatic heterocycles. The molecule has 2 nitrogen and oxygen atoms in total. The summed E-state index contributed by atoms with van der Waals surface area (Å²) in [4.78, 5) is 2.84. The minimum atomic E-state index is 0.372. The molecule has 2 fully saturated rings. The summed E-state index contributed by atoms with van der Waals surface area (Å²) in [5, 5.41) is 3.79. The summed E-state index contributed by atoms with van der Waals surface area (Å²) in [6.45, 7) is 16.6. The molecule has 1 aliphatic heterocycles. The monoisotopic (exact) mass is 252 g/mol. The Hall–Kier alpha value is -0.0800. The Morgan fingerprint density at radius 1 is 1.28 bits per heavy atom. The van der Waals surface area contributed by atoms with Gasteiger partial charge >= 0.3 is 0 Å². The fourth-order valence-electron chi connectivity index (χ4n) is 3.45. The van der Waals surface area contributed by atoms with E-state index in [1.165, 1.54) is 25.9 Å². The van der Waals surface area contributed by atoms with E-state index in [4.69, 9.17) is 0 Å². The van der Waals surface area contributed by atoms with Crippen molar-refractivity contribution in [3.05, 3.63) is 0 Å². The molecular weight excluding hydrogens is 220 g/mol. The van der Waals surface area contributed by atoms with E-state index in [1.807, 2.05) is 0 Å². The summed E-state index contributed by atoms with van der Waals surface area (Å²) < 4.78 is 0. The second-order valence-electron chi connectivity index (χ2n) is 7.81. The molecule has 4 unspecified atom stereocenters. The summed E-state index contributed by atoms with van der Waals surface area (Å²) in [6, 6.07) is 2.27. The molecule has 1 N–H and O–H groups in total. The Balaban J connectivity index is 2.05. The first-order chi connectivity index (χ1) is 8.34. The number of hydrogen-bond acceptors (Lipinski definition) is 2. The van der Waals surface area contributed by atoms with Crippen molar-refractivity contribution < 1.29 is 0 Å². The first-order valence-electron chi connectivity index (χ1n) is 7.83. The fraction of sp³-hybridized carbons (Fsp3) is 1.00. The molecule has 0 spiro atoms. The van der Waals surface area contributed by atoms with E-state index in [0.717, 1.165) is 23.9 Å². The van der Waals surface area contributed by atoms with Crippen LogP contribution in [-0.4, -0.2) is 36.1 Å². The second kappa shape index (κ2) is 5.13. The average molecular weight is 252 g/mol. The van der Waals surface area contributed by atoms with Crippen molar-refractivity contribution in [3.63, 3.8) is 0 Å². The third-order valence-electron chi connectivity index (χ3n) is 5.04. The lowest BCUT2D eigenvalue weighted by atomic mass is 9.83. The summed E-state index contributed by atoms with van der Waals surface area (Å²) >= 11 is 0. The van der Waals surface area contributed by atoms with Gasteiger partial charge < -0.3 is 5.32 Å². The molecule has 106 valence electrons. The Morgan fingerprint density at radius 2 is 1.94 bits per heavy atom. The van der Waals surface area contributed by atoms with Crippen LogP contribution in [0.25, 0.3) is 0 Å². The third kappa shape index (κ3) is 2.91. The van der Waals surface area contributed by atoms with E-state index in [-0.39, 0.29) is 0 Å². The first-order valence-corrected chi connectivity index (χ1v) is 7.83. The standard InChI is InChI=1S/C16H32N2/c1-7-12-8-13(12)18-10-15(16(4,5)6)17-9-14(18)11(2)3/h11-15,17H,7-10H2,1-6H3. The van der Waals surface area contributed by atoms with Crippen LogP contribution in [0, 0.1) is 17.3 Å². The highest BCUT2D eigenvalue weighted by molar-refractivity contribution is 5.02. The highest BCUT2D eigenvalue weighted by atomic mass is 15.3. The Morgan fingerprint density at radius 3 is 2.39 bits per heavy atom. The van der Waals surface area contributed by atoms with Gasteiger partial charge in [-0.1, -0.05) is 48.0 Å². The van der Waals surface area contributed by atoms with E-state index >= 15 is 0 Å². The number of hydrogen-bond donors (Lipinski definition) is 1. The Labute approximate surface area is 114 Å². The first kappa shape index (κ1) is 14.3. The Bertz CT molecular complexity index is 279. The van der Waals surface area contributed by atoms with Crippen LogP contribution in [0.1, 0.15) is 54.4 Å². The third-order valence-corrected chi connectivity index (χ3v) is 5.04. The van der Waals surface area contributed by atoms with Gasteiger partial charge in [0.15, 0.2) is 0 Å². The lowest BCUT2D eigenvalue weighted by Crippen LogP contribution is -2.62. The molecule has 0 amide bonds. The lowest BCUT2D eigenvalue weighted by Gasteiger charge is -2.47. The van der Waals surface area contributed by atoms with Gasteiger partial charge in [0.2, 0.25) is 0 Å². The molecule has 2 rings (SSSR count). The summed E-state index contributed by atoms with van der Waals surface area (Å²) in [7, 11) is 0. The minimum Gasteiger partial charge on any atom is -0.311 e. The largest absolute Gasteiger partial charge is 0.311 e. The van der Waals surface area contributed by atoms with E-state index < -0.39 is 0 Å². The number of nitrogens with zero attached hydrogens (tertiary/aromatic N) is 1. The molecule has 0 aromatic rings. The zero-order valence-electron chi connectivity index (χ0n) is 13.2. The van der Waals surface area contributed by atoms with Crippen molar-refractivity contribution in [1.29, 1.82) is 0 Å². The van der Waals surface area contributed by atoms with Gasteiger partial charge in [0.05, 0.1) is 0 Å². The Kier molecular flexibility index (Phi) is 4.08. The zero-order valence-corrected chi connectivity index (χ0v) is 13.2.